The highest BCUT2D eigenvalue weighted by molar-refractivity contribution is 5.46. The molecule has 1 aliphatic carbocycles. The van der Waals surface area contributed by atoms with Gasteiger partial charge in [-0.05, 0) is 24.5 Å². The van der Waals surface area contributed by atoms with Crippen LogP contribution in [0.4, 0.5) is 20.3 Å². The van der Waals surface area contributed by atoms with Gasteiger partial charge in [0.1, 0.15) is 5.82 Å². The van der Waals surface area contributed by atoms with Gasteiger partial charge in [-0.15, -0.1) is 0 Å². The summed E-state index contributed by atoms with van der Waals surface area (Å²) in [5.74, 6) is -2.12. The van der Waals surface area contributed by atoms with Crippen molar-refractivity contribution in [3.8, 4) is 0 Å². The van der Waals surface area contributed by atoms with E-state index in [0.29, 0.717) is 25.2 Å². The van der Waals surface area contributed by atoms with Crippen molar-refractivity contribution >= 4 is 11.5 Å². The molecular weight excluding hydrogens is 224 g/mol. The van der Waals surface area contributed by atoms with E-state index in [9.17, 15) is 8.78 Å². The predicted octanol–water partition coefficient (Wildman–Crippen LogP) is 2.15. The zero-order valence-corrected chi connectivity index (χ0v) is 9.44. The summed E-state index contributed by atoms with van der Waals surface area (Å²) in [4.78, 5) is 6.14. The van der Waals surface area contributed by atoms with Gasteiger partial charge in [0.2, 0.25) is 0 Å². The molecule has 0 unspecified atom stereocenters. The molecule has 0 spiro atoms. The molecule has 0 amide bonds. The molecular formula is C12H15F2N3. The van der Waals surface area contributed by atoms with Crippen LogP contribution in [-0.4, -0.2) is 24.0 Å². The Bertz CT molecular complexity index is 418. The van der Waals surface area contributed by atoms with Crippen molar-refractivity contribution < 1.29 is 8.78 Å². The molecule has 1 aliphatic heterocycles. The van der Waals surface area contributed by atoms with E-state index in [1.165, 1.54) is 0 Å². The summed E-state index contributed by atoms with van der Waals surface area (Å²) in [7, 11) is 0. The van der Waals surface area contributed by atoms with E-state index in [0.717, 1.165) is 5.82 Å². The Morgan fingerprint density at radius 2 is 2.18 bits per heavy atom. The van der Waals surface area contributed by atoms with E-state index in [1.54, 1.807) is 18.3 Å². The van der Waals surface area contributed by atoms with Gasteiger partial charge in [0, 0.05) is 25.4 Å². The fourth-order valence-corrected chi connectivity index (χ4v) is 2.98. The van der Waals surface area contributed by atoms with E-state index >= 15 is 0 Å². The zero-order chi connectivity index (χ0) is 12.0. The molecule has 0 bridgehead atoms. The Kier molecular flexibility index (Phi) is 2.24. The second kappa shape index (κ2) is 3.55. The molecule has 2 aliphatic rings. The molecule has 5 heteroatoms. The topological polar surface area (TPSA) is 42.1 Å². The minimum atomic E-state index is -2.49. The third-order valence-electron chi connectivity index (χ3n) is 3.93. The van der Waals surface area contributed by atoms with Crippen molar-refractivity contribution in [1.82, 2.24) is 4.98 Å². The Labute approximate surface area is 98.6 Å². The third kappa shape index (κ3) is 1.73. The lowest BCUT2D eigenvalue weighted by Crippen LogP contribution is -2.29. The van der Waals surface area contributed by atoms with Crippen LogP contribution in [0.25, 0.3) is 0 Å². The maximum absolute atomic E-state index is 13.6. The molecule has 3 nitrogen and oxygen atoms in total. The first kappa shape index (κ1) is 10.7. The number of halogens is 2. The first-order valence-electron chi connectivity index (χ1n) is 5.90. The smallest absolute Gasteiger partial charge is 0.252 e. The number of anilines is 2. The SMILES string of the molecule is Nc1ccc(N2C[C@H]3CCC(F)(F)[C@@H]3C2)nc1. The van der Waals surface area contributed by atoms with E-state index in [4.69, 9.17) is 5.73 Å². The largest absolute Gasteiger partial charge is 0.397 e. The maximum atomic E-state index is 13.6. The summed E-state index contributed by atoms with van der Waals surface area (Å²) in [6, 6.07) is 3.56. The van der Waals surface area contributed by atoms with Crippen LogP contribution in [0.2, 0.25) is 0 Å². The molecule has 2 N–H and O–H groups in total. The zero-order valence-electron chi connectivity index (χ0n) is 9.44. The quantitative estimate of drug-likeness (QED) is 0.816. The lowest BCUT2D eigenvalue weighted by atomic mass is 9.99. The average molecular weight is 239 g/mol. The van der Waals surface area contributed by atoms with Gasteiger partial charge in [-0.3, -0.25) is 0 Å². The fourth-order valence-electron chi connectivity index (χ4n) is 2.98. The van der Waals surface area contributed by atoms with Crippen LogP contribution >= 0.6 is 0 Å². The molecule has 1 aromatic rings. The Morgan fingerprint density at radius 1 is 1.35 bits per heavy atom. The lowest BCUT2D eigenvalue weighted by molar-refractivity contribution is -0.0351. The standard InChI is InChI=1S/C12H15F2N3/c13-12(14)4-3-8-6-17(7-10(8)12)11-2-1-9(15)5-16-11/h1-2,5,8,10H,3-4,6-7,15H2/t8-,10-/m1/s1. The van der Waals surface area contributed by atoms with Crippen molar-refractivity contribution in [3.05, 3.63) is 18.3 Å². The molecule has 1 aromatic heterocycles. The van der Waals surface area contributed by atoms with Gasteiger partial charge in [0.05, 0.1) is 11.9 Å². The summed E-state index contributed by atoms with van der Waals surface area (Å²) in [6.45, 7) is 1.10. The number of alkyl halides is 2. The number of hydrogen-bond acceptors (Lipinski definition) is 3. The predicted molar refractivity (Wildman–Crippen MR) is 62.0 cm³/mol. The summed E-state index contributed by atoms with van der Waals surface area (Å²) in [5.41, 5.74) is 6.16. The third-order valence-corrected chi connectivity index (χ3v) is 3.93. The molecule has 0 aromatic carbocycles. The van der Waals surface area contributed by atoms with Crippen molar-refractivity contribution in [3.63, 3.8) is 0 Å². The molecule has 92 valence electrons. The summed E-state index contributed by atoms with van der Waals surface area (Å²) < 4.78 is 27.2. The highest BCUT2D eigenvalue weighted by Gasteiger charge is 2.54. The van der Waals surface area contributed by atoms with Gasteiger partial charge in [-0.1, -0.05) is 0 Å². The minimum Gasteiger partial charge on any atom is -0.397 e. The van der Waals surface area contributed by atoms with Crippen LogP contribution in [0.15, 0.2) is 18.3 Å². The Morgan fingerprint density at radius 3 is 2.82 bits per heavy atom. The number of rotatable bonds is 1. The minimum absolute atomic E-state index is 0.0470. The molecule has 17 heavy (non-hydrogen) atoms. The van der Waals surface area contributed by atoms with Gasteiger partial charge in [-0.2, -0.15) is 0 Å². The van der Waals surface area contributed by atoms with Gasteiger partial charge in [0.25, 0.3) is 5.92 Å². The number of nitrogens with zero attached hydrogens (tertiary/aromatic N) is 2. The average Bonchev–Trinajstić information content (AvgIpc) is 2.82. The van der Waals surface area contributed by atoms with Gasteiger partial charge < -0.3 is 10.6 Å². The fraction of sp³-hybridized carbons (Fsp3) is 0.583. The summed E-state index contributed by atoms with van der Waals surface area (Å²) in [6.07, 6.45) is 2.25. The van der Waals surface area contributed by atoms with Crippen molar-refractivity contribution in [2.24, 2.45) is 11.8 Å². The van der Waals surface area contributed by atoms with Crippen LogP contribution < -0.4 is 10.6 Å². The lowest BCUT2D eigenvalue weighted by Gasteiger charge is -2.21. The van der Waals surface area contributed by atoms with Crippen LogP contribution in [0.1, 0.15) is 12.8 Å². The van der Waals surface area contributed by atoms with E-state index < -0.39 is 11.8 Å². The normalized spacial score (nSPS) is 30.6. The molecule has 1 saturated carbocycles. The number of fused-ring (bicyclic) bond motifs is 1. The summed E-state index contributed by atoms with van der Waals surface area (Å²) in [5, 5.41) is 0. The molecule has 2 fully saturated rings. The van der Waals surface area contributed by atoms with Crippen molar-refractivity contribution in [2.45, 2.75) is 18.8 Å². The van der Waals surface area contributed by atoms with Gasteiger partial charge >= 0.3 is 0 Å². The van der Waals surface area contributed by atoms with Crippen LogP contribution in [0.5, 0.6) is 0 Å². The molecule has 0 radical (unpaired) electrons. The van der Waals surface area contributed by atoms with E-state index in [1.807, 2.05) is 4.90 Å². The number of pyridine rings is 1. The van der Waals surface area contributed by atoms with E-state index in [-0.39, 0.29) is 12.3 Å². The molecule has 1 saturated heterocycles. The second-order valence-corrected chi connectivity index (χ2v) is 5.02. The van der Waals surface area contributed by atoms with Crippen LogP contribution in [0, 0.1) is 11.8 Å². The Balaban J connectivity index is 1.79. The van der Waals surface area contributed by atoms with Crippen LogP contribution in [0.3, 0.4) is 0 Å². The highest BCUT2D eigenvalue weighted by atomic mass is 19.3. The number of nitrogen functional groups attached to an aromatic ring is 1. The van der Waals surface area contributed by atoms with Crippen LogP contribution in [-0.2, 0) is 0 Å². The molecule has 2 atom stereocenters. The monoisotopic (exact) mass is 239 g/mol. The van der Waals surface area contributed by atoms with E-state index in [2.05, 4.69) is 4.98 Å². The van der Waals surface area contributed by atoms with Gasteiger partial charge in [-0.25, -0.2) is 13.8 Å². The number of aromatic nitrogens is 1. The number of hydrogen-bond donors (Lipinski definition) is 1. The number of nitrogens with two attached hydrogens (primary N) is 1. The highest BCUT2D eigenvalue weighted by Crippen LogP contribution is 2.48. The van der Waals surface area contributed by atoms with Crippen molar-refractivity contribution in [2.75, 3.05) is 23.7 Å². The molecule has 2 heterocycles. The second-order valence-electron chi connectivity index (χ2n) is 5.02. The van der Waals surface area contributed by atoms with Gasteiger partial charge in [0.15, 0.2) is 0 Å². The van der Waals surface area contributed by atoms with Crippen molar-refractivity contribution in [1.29, 1.82) is 0 Å². The maximum Gasteiger partial charge on any atom is 0.252 e. The first-order chi connectivity index (χ1) is 8.06. The Hall–Kier alpha value is -1.39. The first-order valence-corrected chi connectivity index (χ1v) is 5.90. The molecule has 3 rings (SSSR count). The summed E-state index contributed by atoms with van der Waals surface area (Å²) >= 11 is 0.